The van der Waals surface area contributed by atoms with Gasteiger partial charge in [0.25, 0.3) is 0 Å². The number of phenolic OH excluding ortho intramolecular Hbond substituents is 1. The summed E-state index contributed by atoms with van der Waals surface area (Å²) in [4.78, 5) is 51.8. The summed E-state index contributed by atoms with van der Waals surface area (Å²) in [5, 5.41) is 25.5. The van der Waals surface area contributed by atoms with Crippen LogP contribution in [0.3, 0.4) is 0 Å². The minimum atomic E-state index is -3.40. The van der Waals surface area contributed by atoms with Gasteiger partial charge >= 0.3 is 0 Å². The maximum absolute atomic E-state index is 13.0. The van der Waals surface area contributed by atoms with Gasteiger partial charge in [-0.2, -0.15) is 0 Å². The van der Waals surface area contributed by atoms with Gasteiger partial charge in [0.15, 0.2) is 0 Å². The molecule has 2 aromatic carbocycles. The summed E-state index contributed by atoms with van der Waals surface area (Å²) in [6, 6.07) is 11.3. The third-order valence-electron chi connectivity index (χ3n) is 5.57. The molecule has 2 rings (SSSR count). The summed E-state index contributed by atoms with van der Waals surface area (Å²) in [6.07, 6.45) is 0.0864. The number of benzene rings is 2. The number of aromatic hydroxyl groups is 1. The zero-order valence-corrected chi connectivity index (χ0v) is 20.6. The smallest absolute Gasteiger partial charge is 0.243 e. The van der Waals surface area contributed by atoms with Crippen LogP contribution < -0.4 is 21.7 Å². The largest absolute Gasteiger partial charge is 0.508 e. The summed E-state index contributed by atoms with van der Waals surface area (Å²) in [5.41, 5.74) is 7.24. The summed E-state index contributed by atoms with van der Waals surface area (Å²) in [5.74, 6) is -3.04. The van der Waals surface area contributed by atoms with Crippen molar-refractivity contribution in [3.05, 3.63) is 65.7 Å². The number of aliphatic hydroxyl groups is 1. The molecule has 0 aliphatic heterocycles. The van der Waals surface area contributed by atoms with Gasteiger partial charge in [0, 0.05) is 20.0 Å². The fraction of sp³-hybridized carbons (Fsp3) is 0.385. The molecule has 11 heteroatoms. The molecule has 0 fully saturated rings. The molecule has 0 saturated carbocycles. The van der Waals surface area contributed by atoms with Crippen molar-refractivity contribution in [3.63, 3.8) is 0 Å². The molecule has 0 aliphatic carbocycles. The van der Waals surface area contributed by atoms with Crippen molar-refractivity contribution in [2.45, 2.75) is 37.9 Å². The van der Waals surface area contributed by atoms with E-state index in [9.17, 15) is 29.4 Å². The lowest BCUT2D eigenvalue weighted by atomic mass is 10.0. The molecule has 7 N–H and O–H groups in total. The number of hydrogen-bond donors (Lipinski definition) is 6. The highest BCUT2D eigenvalue weighted by Gasteiger charge is 2.28. The van der Waals surface area contributed by atoms with E-state index >= 15 is 0 Å². The number of likely N-dealkylation sites (N-methyl/N-ethyl adjacent to an activating group) is 1. The highest BCUT2D eigenvalue weighted by atomic mass is 16.3. The topological polar surface area (TPSA) is 174 Å². The highest BCUT2D eigenvalue weighted by Crippen LogP contribution is 2.11. The maximum atomic E-state index is 13.0. The molecular weight excluding hydrogens is 478 g/mol. The Morgan fingerprint density at radius 2 is 1.57 bits per heavy atom. The number of hydrogen-bond acceptors (Lipinski definition) is 7. The number of carbonyl (C=O) groups excluding carboxylic acids is 4. The van der Waals surface area contributed by atoms with Gasteiger partial charge in [-0.3, -0.25) is 19.2 Å². The van der Waals surface area contributed by atoms with Crippen molar-refractivity contribution in [3.8, 4) is 5.75 Å². The van der Waals surface area contributed by atoms with Gasteiger partial charge in [0.1, 0.15) is 17.8 Å². The van der Waals surface area contributed by atoms with E-state index in [0.29, 0.717) is 11.1 Å². The van der Waals surface area contributed by atoms with E-state index < -0.39 is 61.4 Å². The summed E-state index contributed by atoms with van der Waals surface area (Å²) >= 11 is 0. The zero-order chi connectivity index (χ0) is 31.0. The second-order valence-electron chi connectivity index (χ2n) is 8.36. The Bertz CT molecular complexity index is 1210. The number of rotatable bonds is 13. The molecule has 4 amide bonds. The van der Waals surface area contributed by atoms with E-state index in [1.807, 2.05) is 0 Å². The molecule has 0 radical (unpaired) electrons. The monoisotopic (exact) mass is 517 g/mol. The third kappa shape index (κ3) is 9.54. The van der Waals surface area contributed by atoms with E-state index in [1.165, 1.54) is 26.1 Å². The first-order valence-electron chi connectivity index (χ1n) is 13.5. The molecule has 37 heavy (non-hydrogen) atoms. The first-order valence-corrected chi connectivity index (χ1v) is 11.5. The first-order chi connectivity index (χ1) is 19.0. The number of nitrogens with one attached hydrogen (secondary N) is 3. The molecule has 0 spiro atoms. The molecule has 3 atom stereocenters. The molecule has 2 aromatic rings. The van der Waals surface area contributed by atoms with Gasteiger partial charge in [-0.05, 0) is 36.6 Å². The molecule has 0 heterocycles. The van der Waals surface area contributed by atoms with Crippen LogP contribution in [0.1, 0.15) is 23.5 Å². The Kier molecular flexibility index (Phi) is 9.23. The summed E-state index contributed by atoms with van der Waals surface area (Å²) < 4.78 is 29.8. The molecule has 0 unspecified atom stereocenters. The van der Waals surface area contributed by atoms with Crippen molar-refractivity contribution in [2.75, 3.05) is 26.6 Å². The van der Waals surface area contributed by atoms with Crippen molar-refractivity contribution >= 4 is 23.6 Å². The fourth-order valence-corrected chi connectivity index (χ4v) is 3.39. The van der Waals surface area contributed by atoms with Crippen LogP contribution in [0.15, 0.2) is 54.6 Å². The van der Waals surface area contributed by atoms with Crippen molar-refractivity contribution in [2.24, 2.45) is 5.73 Å². The van der Waals surface area contributed by atoms with Gasteiger partial charge in [-0.1, -0.05) is 42.5 Å². The van der Waals surface area contributed by atoms with Crippen LogP contribution in [0.2, 0.25) is 0 Å². The predicted octanol–water partition coefficient (Wildman–Crippen LogP) is -0.939. The molecule has 0 aromatic heterocycles. The van der Waals surface area contributed by atoms with E-state index in [4.69, 9.17) is 11.2 Å². The van der Waals surface area contributed by atoms with E-state index in [2.05, 4.69) is 10.6 Å². The minimum absolute atomic E-state index is 0.0677. The van der Waals surface area contributed by atoms with E-state index in [-0.39, 0.29) is 18.6 Å². The lowest BCUT2D eigenvalue weighted by Gasteiger charge is -2.28. The second-order valence-corrected chi connectivity index (χ2v) is 8.36. The van der Waals surface area contributed by atoms with Gasteiger partial charge in [-0.15, -0.1) is 0 Å². The Balaban J connectivity index is 2.00. The van der Waals surface area contributed by atoms with Crippen LogP contribution in [0, 0.1) is 0 Å². The third-order valence-corrected chi connectivity index (χ3v) is 5.57. The molecule has 11 nitrogen and oxygen atoms in total. The van der Waals surface area contributed by atoms with Crippen LogP contribution in [-0.4, -0.2) is 83.5 Å². The average Bonchev–Trinajstić information content (AvgIpc) is 2.90. The number of nitrogens with two attached hydrogens (primary N) is 1. The van der Waals surface area contributed by atoms with Crippen LogP contribution in [0.5, 0.6) is 5.75 Å². The van der Waals surface area contributed by atoms with Crippen molar-refractivity contribution in [1.29, 1.82) is 0 Å². The van der Waals surface area contributed by atoms with Gasteiger partial charge in [0.05, 0.1) is 24.6 Å². The van der Waals surface area contributed by atoms with Crippen LogP contribution in [0.4, 0.5) is 0 Å². The Hall–Kier alpha value is -3.96. The standard InChI is InChI=1S/C26H35N5O6/c1-17(30-25(36)21(27)14-19-8-10-20(33)11-9-19)24(35)29-16-23(34)31(2)22(26(37)28-12-13-32)15-18-6-4-3-5-7-18/h3-11,17,21-22,32-33H,12-16,27H2,1-2H3,(H,28,37)(H,29,35)(H,30,36)/t17-,21+,22+/m1/s1/i12D2,13D2. The van der Waals surface area contributed by atoms with Crippen LogP contribution in [-0.2, 0) is 32.0 Å². The maximum Gasteiger partial charge on any atom is 0.243 e. The Morgan fingerprint density at radius 3 is 2.19 bits per heavy atom. The van der Waals surface area contributed by atoms with Crippen LogP contribution in [0.25, 0.3) is 0 Å². The molecule has 200 valence electrons. The second kappa shape index (κ2) is 14.6. The number of amides is 4. The van der Waals surface area contributed by atoms with E-state index in [1.54, 1.807) is 47.8 Å². The first kappa shape index (κ1) is 23.4. The number of phenols is 1. The fourth-order valence-electron chi connectivity index (χ4n) is 3.39. The summed E-state index contributed by atoms with van der Waals surface area (Å²) in [7, 11) is 1.26. The number of carbonyl (C=O) groups is 4. The highest BCUT2D eigenvalue weighted by molar-refractivity contribution is 5.93. The lowest BCUT2D eigenvalue weighted by molar-refractivity contribution is -0.139. The predicted molar refractivity (Wildman–Crippen MR) is 137 cm³/mol. The zero-order valence-electron chi connectivity index (χ0n) is 24.6. The molecular formula is C26H35N5O6. The van der Waals surface area contributed by atoms with Gasteiger partial charge in [-0.25, -0.2) is 0 Å². The Labute approximate surface area is 221 Å². The Morgan fingerprint density at radius 1 is 0.946 bits per heavy atom. The van der Waals surface area contributed by atoms with E-state index in [0.717, 1.165) is 4.90 Å². The lowest BCUT2D eigenvalue weighted by Crippen LogP contribution is -2.54. The normalized spacial score (nSPS) is 15.5. The minimum Gasteiger partial charge on any atom is -0.508 e. The van der Waals surface area contributed by atoms with Gasteiger partial charge in [0.2, 0.25) is 23.6 Å². The number of nitrogens with zero attached hydrogens (tertiary/aromatic N) is 1. The summed E-state index contributed by atoms with van der Waals surface area (Å²) in [6.45, 7) is -5.73. The van der Waals surface area contributed by atoms with Crippen molar-refractivity contribution < 1.29 is 34.9 Å². The quantitative estimate of drug-likeness (QED) is 0.199. The molecule has 0 bridgehead atoms. The molecule has 0 saturated heterocycles. The van der Waals surface area contributed by atoms with Crippen molar-refractivity contribution in [1.82, 2.24) is 20.9 Å². The van der Waals surface area contributed by atoms with Crippen LogP contribution >= 0.6 is 0 Å². The SMILES string of the molecule is [2H]C([2H])(O)C([2H])([2H])NC(=O)[C@H](Cc1ccccc1)N(C)C(=O)CNC(=O)[C@@H](C)NC(=O)[C@@H](N)Cc1ccc(O)cc1. The molecule has 0 aliphatic rings. The van der Waals surface area contributed by atoms with Gasteiger partial charge < -0.3 is 36.8 Å². The average molecular weight is 518 g/mol.